The largest absolute Gasteiger partial charge is 0.346 e. The Morgan fingerprint density at radius 1 is 0.966 bits per heavy atom. The Hall–Kier alpha value is -2.03. The molecule has 0 N–H and O–H groups in total. The molecule has 1 fully saturated rings. The van der Waals surface area contributed by atoms with Crippen molar-refractivity contribution < 1.29 is 27.4 Å². The van der Waals surface area contributed by atoms with Gasteiger partial charge >= 0.3 is 0 Å². The minimum Gasteiger partial charge on any atom is -0.346 e. The summed E-state index contributed by atoms with van der Waals surface area (Å²) in [6.45, 7) is 3.94. The second-order valence-corrected chi connectivity index (χ2v) is 9.20. The lowest BCUT2D eigenvalue weighted by atomic mass is 10.1. The number of fused-ring (bicyclic) bond motifs is 1. The predicted octanol–water partition coefficient (Wildman–Crippen LogP) is 3.61. The van der Waals surface area contributed by atoms with Crippen molar-refractivity contribution in [3.63, 3.8) is 0 Å². The maximum absolute atomic E-state index is 13.3. The average molecular weight is 416 g/mol. The Bertz CT molecular complexity index is 955. The molecule has 0 spiro atoms. The first-order valence-electron chi connectivity index (χ1n) is 9.60. The predicted molar refractivity (Wildman–Crippen MR) is 107 cm³/mol. The van der Waals surface area contributed by atoms with Crippen LogP contribution >= 0.6 is 0 Å². The molecule has 0 radical (unpaired) electrons. The number of sulfone groups is 1. The van der Waals surface area contributed by atoms with Gasteiger partial charge in [0, 0.05) is 5.56 Å². The molecule has 29 heavy (non-hydrogen) atoms. The van der Waals surface area contributed by atoms with E-state index < -0.39 is 34.6 Å². The van der Waals surface area contributed by atoms with Crippen LogP contribution in [0.25, 0.3) is 0 Å². The molecule has 6 nitrogen and oxygen atoms in total. The van der Waals surface area contributed by atoms with Crippen LogP contribution in [0.1, 0.15) is 25.7 Å². The normalized spacial score (nSPS) is 27.3. The third kappa shape index (κ3) is 4.29. The summed E-state index contributed by atoms with van der Waals surface area (Å²) in [5.74, 6) is 0. The van der Waals surface area contributed by atoms with Crippen molar-refractivity contribution in [1.82, 2.24) is 0 Å². The lowest BCUT2D eigenvalue weighted by Gasteiger charge is -2.41. The number of rotatable bonds is 5. The molecule has 0 aromatic heterocycles. The summed E-state index contributed by atoms with van der Waals surface area (Å²) < 4.78 is 50.2. The summed E-state index contributed by atoms with van der Waals surface area (Å²) >= 11 is 0. The highest BCUT2D eigenvalue weighted by Gasteiger charge is 2.43. The molecule has 0 bridgehead atoms. The third-order valence-corrected chi connectivity index (χ3v) is 6.59. The molecule has 7 heteroatoms. The summed E-state index contributed by atoms with van der Waals surface area (Å²) in [5.41, 5.74) is 0.868. The maximum Gasteiger partial charge on any atom is 0.207 e. The Kier molecular flexibility index (Phi) is 5.85. The van der Waals surface area contributed by atoms with Crippen molar-refractivity contribution >= 4 is 9.84 Å². The van der Waals surface area contributed by atoms with Gasteiger partial charge in [0.1, 0.15) is 17.1 Å². The van der Waals surface area contributed by atoms with E-state index in [-0.39, 0.29) is 22.5 Å². The van der Waals surface area contributed by atoms with Crippen LogP contribution < -0.4 is 0 Å². The van der Waals surface area contributed by atoms with Crippen LogP contribution in [0, 0.1) is 0 Å². The molecular weight excluding hydrogens is 392 g/mol. The van der Waals surface area contributed by atoms with E-state index in [4.69, 9.17) is 18.9 Å². The van der Waals surface area contributed by atoms with Crippen LogP contribution in [0.15, 0.2) is 76.5 Å². The highest BCUT2D eigenvalue weighted by Crippen LogP contribution is 2.36. The molecule has 1 saturated heterocycles. The zero-order chi connectivity index (χ0) is 20.4. The van der Waals surface area contributed by atoms with E-state index in [1.807, 2.05) is 44.2 Å². The van der Waals surface area contributed by atoms with E-state index in [0.717, 1.165) is 5.56 Å². The first kappa shape index (κ1) is 20.3. The zero-order valence-electron chi connectivity index (χ0n) is 16.3. The summed E-state index contributed by atoms with van der Waals surface area (Å²) in [7, 11) is -3.80. The van der Waals surface area contributed by atoms with E-state index in [1.165, 1.54) is 0 Å². The minimum atomic E-state index is -3.80. The molecule has 2 aliphatic heterocycles. The molecule has 4 rings (SSSR count). The van der Waals surface area contributed by atoms with Gasteiger partial charge in [-0.05, 0) is 32.1 Å². The number of hydrogen-bond acceptors (Lipinski definition) is 6. The quantitative estimate of drug-likeness (QED) is 0.742. The molecule has 0 saturated carbocycles. The monoisotopic (exact) mass is 416 g/mol. The van der Waals surface area contributed by atoms with E-state index in [1.54, 1.807) is 36.4 Å². The molecule has 2 heterocycles. The van der Waals surface area contributed by atoms with Crippen LogP contribution in [-0.2, 0) is 28.8 Å². The van der Waals surface area contributed by atoms with Crippen molar-refractivity contribution in [2.45, 2.75) is 49.6 Å². The molecule has 2 aliphatic rings. The molecule has 154 valence electrons. The number of ether oxygens (including phenoxy) is 4. The van der Waals surface area contributed by atoms with Gasteiger partial charge in [-0.2, -0.15) is 0 Å². The third-order valence-electron chi connectivity index (χ3n) is 4.75. The first-order valence-corrected chi connectivity index (χ1v) is 11.1. The molecular formula is C22H24O6S. The van der Waals surface area contributed by atoms with Gasteiger partial charge < -0.3 is 18.9 Å². The van der Waals surface area contributed by atoms with Crippen molar-refractivity contribution in [2.75, 3.05) is 6.61 Å². The Labute approximate surface area is 171 Å². The topological polar surface area (TPSA) is 71.1 Å². The van der Waals surface area contributed by atoms with Gasteiger partial charge in [0.2, 0.25) is 9.84 Å². The van der Waals surface area contributed by atoms with Gasteiger partial charge in [0.05, 0.1) is 17.6 Å². The second-order valence-electron chi connectivity index (χ2n) is 7.25. The smallest absolute Gasteiger partial charge is 0.207 e. The highest BCUT2D eigenvalue weighted by molar-refractivity contribution is 7.95. The van der Waals surface area contributed by atoms with Gasteiger partial charge in [-0.15, -0.1) is 0 Å². The van der Waals surface area contributed by atoms with Gasteiger partial charge in [0.25, 0.3) is 0 Å². The SMILES string of the molecule is CC(C)O[C@H]1O[C@@H]2CO[C@@H](c3ccccc3)O[C@H]2C=C1S(=O)(=O)c1ccccc1. The molecule has 0 unspecified atom stereocenters. The molecule has 2 aromatic rings. The molecule has 0 amide bonds. The Morgan fingerprint density at radius 2 is 1.62 bits per heavy atom. The fraction of sp³-hybridized carbons (Fsp3) is 0.364. The fourth-order valence-corrected chi connectivity index (χ4v) is 4.82. The highest BCUT2D eigenvalue weighted by atomic mass is 32.2. The summed E-state index contributed by atoms with van der Waals surface area (Å²) in [5, 5.41) is 0. The van der Waals surface area contributed by atoms with Crippen LogP contribution in [0.3, 0.4) is 0 Å². The van der Waals surface area contributed by atoms with Crippen molar-refractivity contribution in [3.8, 4) is 0 Å². The average Bonchev–Trinajstić information content (AvgIpc) is 2.73. The van der Waals surface area contributed by atoms with Gasteiger partial charge in [-0.25, -0.2) is 8.42 Å². The van der Waals surface area contributed by atoms with Crippen LogP contribution in [-0.4, -0.2) is 39.6 Å². The van der Waals surface area contributed by atoms with Crippen LogP contribution in [0.4, 0.5) is 0 Å². The first-order chi connectivity index (χ1) is 13.9. The maximum atomic E-state index is 13.3. The minimum absolute atomic E-state index is 0.0624. The van der Waals surface area contributed by atoms with E-state index >= 15 is 0 Å². The standard InChI is InChI=1S/C22H24O6S/c1-15(2)26-22-20(29(23,24)17-11-7-4-8-12-17)13-18-19(28-22)14-25-21(27-18)16-9-5-3-6-10-16/h3-13,15,18-19,21-22H,14H2,1-2H3/t18-,19+,21+,22-/m0/s1. The van der Waals surface area contributed by atoms with Crippen molar-refractivity contribution in [1.29, 1.82) is 0 Å². The van der Waals surface area contributed by atoms with Crippen LogP contribution in [0.5, 0.6) is 0 Å². The van der Waals surface area contributed by atoms with E-state index in [9.17, 15) is 8.42 Å². The summed E-state index contributed by atoms with van der Waals surface area (Å²) in [6.07, 6.45) is -1.21. The zero-order valence-corrected chi connectivity index (χ0v) is 17.1. The van der Waals surface area contributed by atoms with Gasteiger partial charge in [-0.3, -0.25) is 0 Å². The molecule has 4 atom stereocenters. The number of benzene rings is 2. The second kappa shape index (κ2) is 8.38. The Balaban J connectivity index is 1.68. The Morgan fingerprint density at radius 3 is 2.28 bits per heavy atom. The van der Waals surface area contributed by atoms with Crippen molar-refractivity contribution in [3.05, 3.63) is 77.2 Å². The number of hydrogen-bond donors (Lipinski definition) is 0. The van der Waals surface area contributed by atoms with E-state index in [2.05, 4.69) is 0 Å². The molecule has 0 aliphatic carbocycles. The lowest BCUT2D eigenvalue weighted by Crippen LogP contribution is -2.48. The molecule has 2 aromatic carbocycles. The summed E-state index contributed by atoms with van der Waals surface area (Å²) in [6, 6.07) is 17.8. The summed E-state index contributed by atoms with van der Waals surface area (Å²) in [4.78, 5) is 0.254. The van der Waals surface area contributed by atoms with Crippen LogP contribution in [0.2, 0.25) is 0 Å². The fourth-order valence-electron chi connectivity index (χ4n) is 3.36. The lowest BCUT2D eigenvalue weighted by molar-refractivity contribution is -0.287. The van der Waals surface area contributed by atoms with Gasteiger partial charge in [0.15, 0.2) is 12.6 Å². The van der Waals surface area contributed by atoms with Crippen molar-refractivity contribution in [2.24, 2.45) is 0 Å². The van der Waals surface area contributed by atoms with E-state index in [0.29, 0.717) is 0 Å². The van der Waals surface area contributed by atoms with Gasteiger partial charge in [-0.1, -0.05) is 48.5 Å².